The molecule has 0 aliphatic carbocycles. The number of rotatable bonds is 2. The van der Waals surface area contributed by atoms with E-state index in [0.717, 1.165) is 17.9 Å². The number of nitrogens with zero attached hydrogens (tertiary/aromatic N) is 3. The second kappa shape index (κ2) is 10.8. The van der Waals surface area contributed by atoms with Gasteiger partial charge in [0.1, 0.15) is 5.84 Å². The minimum Gasteiger partial charge on any atom is -0.308 e. The van der Waals surface area contributed by atoms with Gasteiger partial charge in [-0.25, -0.2) is 4.99 Å². The van der Waals surface area contributed by atoms with Crippen molar-refractivity contribution in [2.24, 2.45) is 10.9 Å². The molecule has 0 N–H and O–H groups in total. The molecule has 3 nitrogen and oxygen atoms in total. The first-order chi connectivity index (χ1) is 27.2. The Morgan fingerprint density at radius 1 is 0.527 bits per heavy atom. The zero-order valence-electron chi connectivity index (χ0n) is 30.1. The van der Waals surface area contributed by atoms with E-state index < -0.39 is 0 Å². The zero-order valence-corrected chi connectivity index (χ0v) is 30.9. The van der Waals surface area contributed by atoms with Crippen molar-refractivity contribution in [3.63, 3.8) is 0 Å². The van der Waals surface area contributed by atoms with Crippen LogP contribution in [0.2, 0.25) is 0 Å². The van der Waals surface area contributed by atoms with E-state index in [4.69, 9.17) is 4.99 Å². The smallest absolute Gasteiger partial charge is 0.118 e. The number of thiophene rings is 1. The summed E-state index contributed by atoms with van der Waals surface area (Å²) in [7, 11) is 0. The van der Waals surface area contributed by atoms with Crippen LogP contribution in [0.5, 0.6) is 0 Å². The molecule has 12 aromatic rings. The lowest BCUT2D eigenvalue weighted by Gasteiger charge is -2.33. The average molecular weight is 720 g/mol. The largest absolute Gasteiger partial charge is 0.308 e. The van der Waals surface area contributed by atoms with Gasteiger partial charge in [0.2, 0.25) is 0 Å². The highest BCUT2D eigenvalue weighted by atomic mass is 32.1. The molecule has 1 aliphatic heterocycles. The third-order valence-electron chi connectivity index (χ3n) is 12.6. The number of aromatic nitrogens is 2. The first-order valence-corrected chi connectivity index (χ1v) is 20.2. The normalized spacial score (nSPS) is 16.3. The highest BCUT2D eigenvalue weighted by molar-refractivity contribution is 7.20. The minimum atomic E-state index is 0.143. The van der Waals surface area contributed by atoms with E-state index in [-0.39, 0.29) is 11.8 Å². The monoisotopic (exact) mass is 719 g/mol. The molecule has 0 saturated carbocycles. The molecule has 4 heteroatoms. The van der Waals surface area contributed by atoms with Gasteiger partial charge in [-0.3, -0.25) is 4.57 Å². The van der Waals surface area contributed by atoms with Crippen LogP contribution < -0.4 is 0 Å². The van der Waals surface area contributed by atoms with Gasteiger partial charge in [-0.1, -0.05) is 128 Å². The fourth-order valence-corrected chi connectivity index (χ4v) is 11.6. The summed E-state index contributed by atoms with van der Waals surface area (Å²) in [5.74, 6) is 1.43. The van der Waals surface area contributed by atoms with Gasteiger partial charge in [-0.2, -0.15) is 0 Å². The highest BCUT2D eigenvalue weighted by Crippen LogP contribution is 2.53. The summed E-state index contributed by atoms with van der Waals surface area (Å²) in [6.45, 7) is 2.36. The molecule has 13 rings (SSSR count). The fourth-order valence-electron chi connectivity index (χ4n) is 10.3. The fraction of sp³-hybridized carbons (Fsp3) is 0.0784. The standard InChI is InChI=1S/C51H33N3S/c1-2-34-45(33-24-23-29-13-3-4-14-30(29)25-33)50-48(37-19-9-12-22-44(37)55-50)52-51(34)54-42-27-32-16-6-5-15-31(32)26-39(42)46-43(54)28-38-35-17-7-10-20-40(35)53-41-21-11-8-18-36(41)47(46)49(38)53/h3-28,34,45H,2H2,1H3. The summed E-state index contributed by atoms with van der Waals surface area (Å²) < 4.78 is 6.38. The molecule has 0 radical (unpaired) electrons. The minimum absolute atomic E-state index is 0.143. The Bertz CT molecular complexity index is 3610. The number of benzene rings is 8. The summed E-state index contributed by atoms with van der Waals surface area (Å²) >= 11 is 1.93. The van der Waals surface area contributed by atoms with Gasteiger partial charge in [0.25, 0.3) is 0 Å². The van der Waals surface area contributed by atoms with Crippen LogP contribution in [0.3, 0.4) is 0 Å². The number of hydrogen-bond acceptors (Lipinski definition) is 2. The van der Waals surface area contributed by atoms with Crippen LogP contribution >= 0.6 is 11.3 Å². The van der Waals surface area contributed by atoms with Crippen molar-refractivity contribution in [3.8, 4) is 0 Å². The predicted octanol–water partition coefficient (Wildman–Crippen LogP) is 14.2. The van der Waals surface area contributed by atoms with Gasteiger partial charge in [0.15, 0.2) is 0 Å². The molecule has 0 bridgehead atoms. The van der Waals surface area contributed by atoms with Gasteiger partial charge in [-0.05, 0) is 69.9 Å². The van der Waals surface area contributed by atoms with Gasteiger partial charge in [0.05, 0.1) is 33.3 Å². The Morgan fingerprint density at radius 3 is 1.98 bits per heavy atom. The third kappa shape index (κ3) is 3.87. The van der Waals surface area contributed by atoms with Crippen molar-refractivity contribution in [3.05, 3.63) is 168 Å². The molecule has 4 aromatic heterocycles. The van der Waals surface area contributed by atoms with Crippen LogP contribution in [-0.2, 0) is 0 Å². The average Bonchev–Trinajstić information content (AvgIpc) is 3.97. The maximum Gasteiger partial charge on any atom is 0.118 e. The first-order valence-electron chi connectivity index (χ1n) is 19.4. The Kier molecular flexibility index (Phi) is 5.88. The van der Waals surface area contributed by atoms with E-state index in [1.165, 1.54) is 102 Å². The molecule has 5 heterocycles. The lowest BCUT2D eigenvalue weighted by Crippen LogP contribution is -2.30. The van der Waals surface area contributed by atoms with E-state index in [2.05, 4.69) is 174 Å². The van der Waals surface area contributed by atoms with Crippen molar-refractivity contribution in [2.75, 3.05) is 0 Å². The van der Waals surface area contributed by atoms with E-state index in [0.29, 0.717) is 0 Å². The first kappa shape index (κ1) is 29.9. The molecule has 55 heavy (non-hydrogen) atoms. The van der Waals surface area contributed by atoms with Crippen LogP contribution in [0.1, 0.15) is 29.7 Å². The third-order valence-corrected chi connectivity index (χ3v) is 13.9. The molecular formula is C51H33N3S. The van der Waals surface area contributed by atoms with Gasteiger partial charge in [-0.15, -0.1) is 11.3 Å². The lowest BCUT2D eigenvalue weighted by atomic mass is 9.79. The molecule has 2 atom stereocenters. The molecule has 258 valence electrons. The van der Waals surface area contributed by atoms with Crippen molar-refractivity contribution >= 4 is 114 Å². The van der Waals surface area contributed by atoms with E-state index in [1.54, 1.807) is 0 Å². The van der Waals surface area contributed by atoms with Crippen LogP contribution in [0.15, 0.2) is 163 Å². The second-order valence-electron chi connectivity index (χ2n) is 15.3. The van der Waals surface area contributed by atoms with Crippen LogP contribution in [0, 0.1) is 5.92 Å². The predicted molar refractivity (Wildman–Crippen MR) is 235 cm³/mol. The van der Waals surface area contributed by atoms with Crippen molar-refractivity contribution in [1.82, 2.24) is 8.97 Å². The van der Waals surface area contributed by atoms with Crippen molar-refractivity contribution in [2.45, 2.75) is 19.3 Å². The number of aliphatic imine (C=N–C) groups is 1. The topological polar surface area (TPSA) is 21.7 Å². The van der Waals surface area contributed by atoms with Crippen molar-refractivity contribution in [1.29, 1.82) is 0 Å². The summed E-state index contributed by atoms with van der Waals surface area (Å²) in [4.78, 5) is 7.25. The van der Waals surface area contributed by atoms with E-state index in [9.17, 15) is 0 Å². The number of hydrogen-bond donors (Lipinski definition) is 0. The zero-order chi connectivity index (χ0) is 35.9. The molecular weight excluding hydrogens is 687 g/mol. The summed E-state index contributed by atoms with van der Waals surface area (Å²) in [5.41, 5.74) is 8.74. The Morgan fingerprint density at radius 2 is 1.18 bits per heavy atom. The van der Waals surface area contributed by atoms with Crippen LogP contribution in [0.4, 0.5) is 5.69 Å². The molecule has 1 aliphatic rings. The second-order valence-corrected chi connectivity index (χ2v) is 16.4. The molecule has 0 spiro atoms. The van der Waals surface area contributed by atoms with Gasteiger partial charge in [0, 0.05) is 59.1 Å². The van der Waals surface area contributed by atoms with Gasteiger partial charge < -0.3 is 4.40 Å². The molecule has 0 amide bonds. The quantitative estimate of drug-likeness (QED) is 0.170. The lowest BCUT2D eigenvalue weighted by molar-refractivity contribution is 0.573. The number of fused-ring (bicyclic) bond motifs is 15. The van der Waals surface area contributed by atoms with E-state index >= 15 is 0 Å². The van der Waals surface area contributed by atoms with Crippen molar-refractivity contribution < 1.29 is 0 Å². The number of para-hydroxylation sites is 2. The highest BCUT2D eigenvalue weighted by Gasteiger charge is 2.38. The Hall–Kier alpha value is -6.49. The van der Waals surface area contributed by atoms with E-state index in [1.807, 2.05) is 11.3 Å². The molecule has 0 fully saturated rings. The van der Waals surface area contributed by atoms with Crippen LogP contribution in [-0.4, -0.2) is 14.8 Å². The molecule has 2 unspecified atom stereocenters. The molecule has 8 aromatic carbocycles. The van der Waals surface area contributed by atoms with Crippen LogP contribution in [0.25, 0.3) is 91.5 Å². The Labute approximate surface area is 320 Å². The Balaban J connectivity index is 1.22. The summed E-state index contributed by atoms with van der Waals surface area (Å²) in [5, 5.41) is 14.1. The van der Waals surface area contributed by atoms with Gasteiger partial charge >= 0.3 is 0 Å². The maximum atomic E-state index is 5.87. The summed E-state index contributed by atoms with van der Waals surface area (Å²) in [6.07, 6.45) is 0.954. The SMILES string of the molecule is CCC1C(n2c3cc4ccccc4cc3c3c4c5ccccc5n5c6ccccc6c(cc32)c45)=Nc2c(sc3ccccc23)C1c1ccc2ccccc2c1. The molecule has 0 saturated heterocycles. The maximum absolute atomic E-state index is 5.87. The summed E-state index contributed by atoms with van der Waals surface area (Å²) in [6, 6.07) is 58.9.